The second-order valence-corrected chi connectivity index (χ2v) is 6.01. The summed E-state index contributed by atoms with van der Waals surface area (Å²) in [4.78, 5) is 23.6. The van der Waals surface area contributed by atoms with Gasteiger partial charge in [-0.2, -0.15) is 0 Å². The van der Waals surface area contributed by atoms with Crippen LogP contribution in [0, 0.1) is 0 Å². The number of fused-ring (bicyclic) bond motifs is 1. The summed E-state index contributed by atoms with van der Waals surface area (Å²) >= 11 is 0. The molecule has 0 saturated heterocycles. The summed E-state index contributed by atoms with van der Waals surface area (Å²) in [7, 11) is 1.31. The summed E-state index contributed by atoms with van der Waals surface area (Å²) < 4.78 is 56.1. The van der Waals surface area contributed by atoms with Gasteiger partial charge in [0.1, 0.15) is 12.4 Å². The molecule has 0 amide bonds. The van der Waals surface area contributed by atoms with Gasteiger partial charge in [0, 0.05) is 6.42 Å². The molecule has 2 aromatic rings. The summed E-state index contributed by atoms with van der Waals surface area (Å²) in [6.07, 6.45) is -5.75. The molecule has 0 aromatic heterocycles. The van der Waals surface area contributed by atoms with Crippen LogP contribution in [0.1, 0.15) is 31.8 Å². The van der Waals surface area contributed by atoms with Gasteiger partial charge in [-0.25, -0.2) is 4.79 Å². The van der Waals surface area contributed by atoms with Crippen LogP contribution in [-0.2, 0) is 17.8 Å². The fraction of sp³-hybridized carbons (Fsp3) is 0.263. The second-order valence-electron chi connectivity index (χ2n) is 6.01. The van der Waals surface area contributed by atoms with E-state index < -0.39 is 18.6 Å². The number of halogens is 3. The highest BCUT2D eigenvalue weighted by molar-refractivity contribution is 5.97. The number of benzene rings is 2. The van der Waals surface area contributed by atoms with Crippen LogP contribution in [-0.4, -0.2) is 37.1 Å². The zero-order valence-electron chi connectivity index (χ0n) is 15.0. The predicted octanol–water partition coefficient (Wildman–Crippen LogP) is 3.02. The van der Waals surface area contributed by atoms with E-state index in [1.165, 1.54) is 25.3 Å². The molecule has 1 heterocycles. The van der Waals surface area contributed by atoms with Gasteiger partial charge in [0.2, 0.25) is 6.29 Å². The minimum absolute atomic E-state index is 0.0459. The Morgan fingerprint density at radius 3 is 2.55 bits per heavy atom. The molecule has 0 fully saturated rings. The summed E-state index contributed by atoms with van der Waals surface area (Å²) in [5.74, 6) is -1.06. The fourth-order valence-electron chi connectivity index (χ4n) is 2.89. The maximum atomic E-state index is 12.2. The minimum Gasteiger partial charge on any atom is -0.492 e. The van der Waals surface area contributed by atoms with Gasteiger partial charge in [-0.1, -0.05) is 12.1 Å². The molecule has 1 N–H and O–H groups in total. The lowest BCUT2D eigenvalue weighted by molar-refractivity contribution is -0.274. The number of hydrogen-bond donors (Lipinski definition) is 1. The highest BCUT2D eigenvalue weighted by Gasteiger charge is 2.32. The summed E-state index contributed by atoms with van der Waals surface area (Å²) in [6.45, 7) is -0.0859. The molecular formula is C19H15F3O7. The Bertz CT molecular complexity index is 923. The van der Waals surface area contributed by atoms with Crippen molar-refractivity contribution in [1.29, 1.82) is 0 Å². The number of ether oxygens (including phenoxy) is 4. The number of rotatable bonds is 6. The largest absolute Gasteiger partial charge is 0.573 e. The fourth-order valence-corrected chi connectivity index (χ4v) is 2.89. The van der Waals surface area contributed by atoms with Crippen LogP contribution < -0.4 is 14.2 Å². The molecule has 1 atom stereocenters. The van der Waals surface area contributed by atoms with Gasteiger partial charge in [0.05, 0.1) is 18.2 Å². The van der Waals surface area contributed by atoms with E-state index in [0.717, 1.165) is 12.1 Å². The van der Waals surface area contributed by atoms with E-state index >= 15 is 0 Å². The second kappa shape index (κ2) is 8.00. The van der Waals surface area contributed by atoms with Crippen molar-refractivity contribution < 1.29 is 46.8 Å². The summed E-state index contributed by atoms with van der Waals surface area (Å²) in [5.41, 5.74) is 0.887. The third-order valence-electron chi connectivity index (χ3n) is 4.11. The Morgan fingerprint density at radius 2 is 1.97 bits per heavy atom. The average molecular weight is 412 g/mol. The van der Waals surface area contributed by atoms with E-state index in [-0.39, 0.29) is 47.0 Å². The van der Waals surface area contributed by atoms with Crippen LogP contribution in [0.5, 0.6) is 17.2 Å². The molecule has 1 unspecified atom stereocenters. The topological polar surface area (TPSA) is 91.3 Å². The number of cyclic esters (lactones) is 1. The molecule has 0 spiro atoms. The molecule has 3 rings (SSSR count). The normalized spacial score (nSPS) is 15.9. The third-order valence-corrected chi connectivity index (χ3v) is 4.11. The first-order valence-corrected chi connectivity index (χ1v) is 8.27. The number of hydrogen-bond acceptors (Lipinski definition) is 7. The lowest BCUT2D eigenvalue weighted by atomic mass is 9.95. The number of aldehydes is 1. The molecule has 0 aliphatic carbocycles. The quantitative estimate of drug-likeness (QED) is 0.576. The standard InChI is InChI=1S/C19H15F3O7/c1-26-17-14(8-23)12-7-16(24)28-18(25)13(12)6-15(17)27-9-10-2-4-11(5-3-10)29-19(20,21)22/h2-6,8,16,24H,7,9H2,1H3. The molecule has 29 heavy (non-hydrogen) atoms. The van der Waals surface area contributed by atoms with Crippen LogP contribution in [0.4, 0.5) is 13.2 Å². The van der Waals surface area contributed by atoms with Crippen molar-refractivity contribution in [2.75, 3.05) is 7.11 Å². The van der Waals surface area contributed by atoms with Crippen molar-refractivity contribution >= 4 is 12.3 Å². The lowest BCUT2D eigenvalue weighted by Gasteiger charge is -2.24. The Kier molecular flexibility index (Phi) is 5.64. The van der Waals surface area contributed by atoms with Crippen LogP contribution >= 0.6 is 0 Å². The van der Waals surface area contributed by atoms with Crippen molar-refractivity contribution in [3.63, 3.8) is 0 Å². The van der Waals surface area contributed by atoms with Crippen molar-refractivity contribution in [2.45, 2.75) is 25.7 Å². The Balaban J connectivity index is 1.85. The Morgan fingerprint density at radius 1 is 1.28 bits per heavy atom. The number of aliphatic hydroxyl groups is 1. The molecule has 10 heteroatoms. The van der Waals surface area contributed by atoms with E-state index in [1.54, 1.807) is 0 Å². The summed E-state index contributed by atoms with van der Waals surface area (Å²) in [5, 5.41) is 9.61. The highest BCUT2D eigenvalue weighted by Crippen LogP contribution is 2.38. The maximum Gasteiger partial charge on any atom is 0.573 e. The van der Waals surface area contributed by atoms with E-state index in [2.05, 4.69) is 4.74 Å². The number of carbonyl (C=O) groups is 2. The van der Waals surface area contributed by atoms with Gasteiger partial charge >= 0.3 is 12.3 Å². The molecule has 1 aliphatic heterocycles. The van der Waals surface area contributed by atoms with Gasteiger partial charge in [-0.3, -0.25) is 4.79 Å². The van der Waals surface area contributed by atoms with Gasteiger partial charge in [0.25, 0.3) is 0 Å². The van der Waals surface area contributed by atoms with E-state index in [0.29, 0.717) is 11.8 Å². The summed E-state index contributed by atoms with van der Waals surface area (Å²) in [6, 6.07) is 6.34. The number of esters is 1. The first kappa shape index (κ1) is 20.5. The van der Waals surface area contributed by atoms with Crippen LogP contribution in [0.25, 0.3) is 0 Å². The first-order valence-electron chi connectivity index (χ1n) is 8.27. The van der Waals surface area contributed by atoms with Crippen molar-refractivity contribution in [3.8, 4) is 17.2 Å². The van der Waals surface area contributed by atoms with Crippen LogP contribution in [0.15, 0.2) is 30.3 Å². The van der Waals surface area contributed by atoms with Gasteiger partial charge in [-0.05, 0) is 29.3 Å². The molecule has 0 saturated carbocycles. The molecule has 0 bridgehead atoms. The first-order chi connectivity index (χ1) is 13.7. The smallest absolute Gasteiger partial charge is 0.492 e. The Labute approximate surface area is 162 Å². The number of aliphatic hydroxyl groups excluding tert-OH is 1. The lowest BCUT2D eigenvalue weighted by Crippen LogP contribution is -2.28. The zero-order chi connectivity index (χ0) is 21.2. The molecular weight excluding hydrogens is 397 g/mol. The average Bonchev–Trinajstić information content (AvgIpc) is 2.65. The number of alkyl halides is 3. The highest BCUT2D eigenvalue weighted by atomic mass is 19.4. The van der Waals surface area contributed by atoms with Gasteiger partial charge in [0.15, 0.2) is 17.8 Å². The zero-order valence-corrected chi connectivity index (χ0v) is 15.0. The predicted molar refractivity (Wildman–Crippen MR) is 91.0 cm³/mol. The van der Waals surface area contributed by atoms with Gasteiger partial charge < -0.3 is 24.1 Å². The maximum absolute atomic E-state index is 12.2. The number of methoxy groups -OCH3 is 1. The monoisotopic (exact) mass is 412 g/mol. The third kappa shape index (κ3) is 4.60. The van der Waals surface area contributed by atoms with E-state index in [4.69, 9.17) is 14.2 Å². The Hall–Kier alpha value is -3.27. The molecule has 0 radical (unpaired) electrons. The van der Waals surface area contributed by atoms with E-state index in [9.17, 15) is 27.9 Å². The van der Waals surface area contributed by atoms with Crippen molar-refractivity contribution in [2.24, 2.45) is 0 Å². The molecule has 2 aromatic carbocycles. The molecule has 1 aliphatic rings. The van der Waals surface area contributed by atoms with Crippen LogP contribution in [0.3, 0.4) is 0 Å². The molecule has 154 valence electrons. The van der Waals surface area contributed by atoms with Crippen molar-refractivity contribution in [1.82, 2.24) is 0 Å². The van der Waals surface area contributed by atoms with Crippen LogP contribution in [0.2, 0.25) is 0 Å². The molecule has 7 nitrogen and oxygen atoms in total. The van der Waals surface area contributed by atoms with E-state index in [1.807, 2.05) is 0 Å². The number of carbonyl (C=O) groups excluding carboxylic acids is 2. The van der Waals surface area contributed by atoms with Gasteiger partial charge in [-0.15, -0.1) is 13.2 Å². The van der Waals surface area contributed by atoms with Crippen molar-refractivity contribution in [3.05, 3.63) is 52.6 Å². The minimum atomic E-state index is -4.79. The SMILES string of the molecule is COc1c(OCc2ccc(OC(F)(F)F)cc2)cc2c(c1C=O)CC(O)OC2=O.